The van der Waals surface area contributed by atoms with Crippen LogP contribution in [0.3, 0.4) is 0 Å². The predicted molar refractivity (Wildman–Crippen MR) is 219 cm³/mol. The minimum atomic E-state index is -1.36. The van der Waals surface area contributed by atoms with Crippen molar-refractivity contribution in [2.24, 2.45) is 11.8 Å². The SMILES string of the molecule is CC(C)C[C@H](NC(=O)[C@H](CCc1ccccc1)NC(=O)CN1CCOCC1)C(=O)N[C@@H](Cc1ccccc1)C(=O)N[C@@H](CC(C)C)C(=O)[C@@](C)(COP)OP. The van der Waals surface area contributed by atoms with E-state index < -0.39 is 47.5 Å². The fourth-order valence-corrected chi connectivity index (χ4v) is 6.90. The Labute approximate surface area is 331 Å². The van der Waals surface area contributed by atoms with Gasteiger partial charge in [0.1, 0.15) is 18.1 Å². The lowest BCUT2D eigenvalue weighted by Crippen LogP contribution is -2.60. The van der Waals surface area contributed by atoms with Crippen molar-refractivity contribution < 1.29 is 37.8 Å². The smallest absolute Gasteiger partial charge is 0.243 e. The number of carbonyl (C=O) groups is 5. The van der Waals surface area contributed by atoms with Crippen molar-refractivity contribution in [1.82, 2.24) is 26.2 Å². The van der Waals surface area contributed by atoms with E-state index in [0.29, 0.717) is 45.6 Å². The molecule has 1 heterocycles. The van der Waals surface area contributed by atoms with Crippen molar-refractivity contribution in [1.29, 1.82) is 0 Å². The lowest BCUT2D eigenvalue weighted by Gasteiger charge is -2.32. The zero-order valence-electron chi connectivity index (χ0n) is 32.9. The maximum atomic E-state index is 14.2. The van der Waals surface area contributed by atoms with E-state index in [1.54, 1.807) is 6.92 Å². The minimum Gasteiger partial charge on any atom is -0.379 e. The molecule has 0 aromatic heterocycles. The number of ketones is 1. The molecule has 0 radical (unpaired) electrons. The summed E-state index contributed by atoms with van der Waals surface area (Å²) >= 11 is 0. The Morgan fingerprint density at radius 2 is 1.24 bits per heavy atom. The van der Waals surface area contributed by atoms with Crippen molar-refractivity contribution >= 4 is 48.3 Å². The molecule has 7 atom stereocenters. The van der Waals surface area contributed by atoms with Crippen LogP contribution in [0.25, 0.3) is 0 Å². The van der Waals surface area contributed by atoms with Gasteiger partial charge in [0.15, 0.2) is 11.4 Å². The fourth-order valence-electron chi connectivity index (χ4n) is 6.40. The third-order valence-corrected chi connectivity index (χ3v) is 10.1. The molecule has 304 valence electrons. The average Bonchev–Trinajstić information content (AvgIpc) is 3.16. The number of aryl methyl sites for hydroxylation is 1. The van der Waals surface area contributed by atoms with Crippen LogP contribution in [0.15, 0.2) is 60.7 Å². The van der Waals surface area contributed by atoms with Crippen LogP contribution in [0.2, 0.25) is 0 Å². The van der Waals surface area contributed by atoms with Gasteiger partial charge in [-0.15, -0.1) is 0 Å². The monoisotopic (exact) mass is 801 g/mol. The number of nitrogens with zero attached hydrogens (tertiary/aromatic N) is 1. The Morgan fingerprint density at radius 1 is 0.727 bits per heavy atom. The highest BCUT2D eigenvalue weighted by Crippen LogP contribution is 2.22. The van der Waals surface area contributed by atoms with E-state index in [0.717, 1.165) is 11.1 Å². The van der Waals surface area contributed by atoms with Crippen molar-refractivity contribution in [2.75, 3.05) is 39.5 Å². The quantitative estimate of drug-likeness (QED) is 0.124. The number of amides is 4. The third-order valence-electron chi connectivity index (χ3n) is 9.42. The maximum Gasteiger partial charge on any atom is 0.243 e. The molecule has 4 amide bonds. The Bertz CT molecular complexity index is 1510. The lowest BCUT2D eigenvalue weighted by molar-refractivity contribution is -0.140. The van der Waals surface area contributed by atoms with E-state index in [1.165, 1.54) is 0 Å². The van der Waals surface area contributed by atoms with Crippen molar-refractivity contribution in [3.8, 4) is 0 Å². The first kappa shape index (κ1) is 46.1. The van der Waals surface area contributed by atoms with Gasteiger partial charge in [0.2, 0.25) is 23.6 Å². The number of nitrogens with one attached hydrogen (secondary N) is 4. The molecule has 1 aliphatic rings. The molecule has 0 aliphatic carbocycles. The third kappa shape index (κ3) is 16.0. The summed E-state index contributed by atoms with van der Waals surface area (Å²) in [5.41, 5.74) is 0.435. The molecule has 0 saturated carbocycles. The molecule has 1 fully saturated rings. The van der Waals surface area contributed by atoms with Gasteiger partial charge in [0.05, 0.1) is 32.4 Å². The summed E-state index contributed by atoms with van der Waals surface area (Å²) in [5.74, 6) is -2.24. The number of rotatable bonds is 23. The van der Waals surface area contributed by atoms with Crippen LogP contribution < -0.4 is 21.3 Å². The van der Waals surface area contributed by atoms with E-state index >= 15 is 0 Å². The van der Waals surface area contributed by atoms with Gasteiger partial charge < -0.3 is 35.1 Å². The molecule has 2 unspecified atom stereocenters. The fraction of sp³-hybridized carbons (Fsp3) is 0.575. The number of morpholine rings is 1. The highest BCUT2D eigenvalue weighted by Gasteiger charge is 2.40. The number of hydrogen-bond acceptors (Lipinski definition) is 9. The zero-order valence-corrected chi connectivity index (χ0v) is 35.2. The molecule has 1 saturated heterocycles. The average molecular weight is 802 g/mol. The summed E-state index contributed by atoms with van der Waals surface area (Å²) in [6.45, 7) is 11.7. The van der Waals surface area contributed by atoms with Gasteiger partial charge in [-0.25, -0.2) is 0 Å². The molecule has 55 heavy (non-hydrogen) atoms. The second kappa shape index (κ2) is 23.7. The first-order valence-electron chi connectivity index (χ1n) is 19.1. The van der Waals surface area contributed by atoms with Crippen LogP contribution in [0.1, 0.15) is 65.0 Å². The van der Waals surface area contributed by atoms with Gasteiger partial charge in [0, 0.05) is 38.4 Å². The van der Waals surface area contributed by atoms with E-state index in [9.17, 15) is 24.0 Å². The first-order valence-corrected chi connectivity index (χ1v) is 20.0. The Morgan fingerprint density at radius 3 is 1.80 bits per heavy atom. The van der Waals surface area contributed by atoms with Gasteiger partial charge in [0.25, 0.3) is 0 Å². The standard InChI is InChI=1S/C40H61N5O8P2/c1-27(2)22-32(36(47)40(5,53-55)26-52-54)42-39(50)34(24-30-14-10-7-11-15-30)44-38(49)33(23-28(3)4)43-37(48)31(17-16-29-12-8-6-9-13-29)41-35(46)25-45-18-20-51-21-19-45/h6-15,27-28,31-34H,16-26,54-55H2,1-5H3,(H,41,46)(H,42,50)(H,43,48)(H,44,49)/t31-,32-,33-,34-,40+/m0/s1. The van der Waals surface area contributed by atoms with Gasteiger partial charge in [-0.1, -0.05) is 88.4 Å². The Hall–Kier alpha value is -3.31. The minimum absolute atomic E-state index is 0.00675. The largest absolute Gasteiger partial charge is 0.379 e. The second-order valence-electron chi connectivity index (χ2n) is 15.2. The van der Waals surface area contributed by atoms with Crippen molar-refractivity contribution in [2.45, 2.75) is 96.5 Å². The summed E-state index contributed by atoms with van der Waals surface area (Å²) in [6.07, 6.45) is 1.57. The van der Waals surface area contributed by atoms with Crippen LogP contribution in [0.5, 0.6) is 0 Å². The molecular formula is C40H61N5O8P2. The van der Waals surface area contributed by atoms with Crippen LogP contribution in [0, 0.1) is 11.8 Å². The molecule has 15 heteroatoms. The first-order chi connectivity index (χ1) is 26.2. The normalized spacial score (nSPS) is 16.7. The van der Waals surface area contributed by atoms with Crippen LogP contribution in [-0.2, 0) is 50.6 Å². The van der Waals surface area contributed by atoms with Crippen LogP contribution in [-0.4, -0.2) is 104 Å². The Balaban J connectivity index is 1.85. The number of benzene rings is 2. The number of carbonyl (C=O) groups excluding carboxylic acids is 5. The van der Waals surface area contributed by atoms with Gasteiger partial charge in [-0.3, -0.25) is 28.9 Å². The van der Waals surface area contributed by atoms with Crippen LogP contribution >= 0.6 is 18.9 Å². The van der Waals surface area contributed by atoms with Gasteiger partial charge in [-0.05, 0) is 55.6 Å². The molecule has 1 aliphatic heterocycles. The topological polar surface area (TPSA) is 164 Å². The molecular weight excluding hydrogens is 740 g/mol. The summed E-state index contributed by atoms with van der Waals surface area (Å²) in [4.78, 5) is 71.3. The van der Waals surface area contributed by atoms with E-state index in [2.05, 4.69) is 40.2 Å². The number of hydrogen-bond donors (Lipinski definition) is 4. The summed E-state index contributed by atoms with van der Waals surface area (Å²) in [5, 5.41) is 11.6. The van der Waals surface area contributed by atoms with E-state index in [1.807, 2.05) is 93.3 Å². The number of ether oxygens (including phenoxy) is 1. The molecule has 0 spiro atoms. The molecule has 0 bridgehead atoms. The molecule has 2 aromatic carbocycles. The van der Waals surface area contributed by atoms with Crippen LogP contribution in [0.4, 0.5) is 0 Å². The van der Waals surface area contributed by atoms with E-state index in [4.69, 9.17) is 13.8 Å². The van der Waals surface area contributed by atoms with E-state index in [-0.39, 0.29) is 49.5 Å². The molecule has 3 rings (SSSR count). The zero-order chi connectivity index (χ0) is 40.4. The second-order valence-corrected chi connectivity index (χ2v) is 15.8. The van der Waals surface area contributed by atoms with Gasteiger partial charge >= 0.3 is 0 Å². The predicted octanol–water partition coefficient (Wildman–Crippen LogP) is 3.17. The highest BCUT2D eigenvalue weighted by atomic mass is 31.0. The summed E-state index contributed by atoms with van der Waals surface area (Å²) < 4.78 is 16.1. The van der Waals surface area contributed by atoms with Crippen molar-refractivity contribution in [3.05, 3.63) is 71.8 Å². The molecule has 4 N–H and O–H groups in total. The highest BCUT2D eigenvalue weighted by molar-refractivity contribution is 7.10. The van der Waals surface area contributed by atoms with Crippen molar-refractivity contribution in [3.63, 3.8) is 0 Å². The molecule has 13 nitrogen and oxygen atoms in total. The maximum absolute atomic E-state index is 14.2. The summed E-state index contributed by atoms with van der Waals surface area (Å²) in [7, 11) is 4.21. The Kier molecular flexibility index (Phi) is 19.8. The number of Topliss-reactive ketones (excluding diaryl/α,β-unsaturated/α-hetero) is 1. The van der Waals surface area contributed by atoms with Gasteiger partial charge in [-0.2, -0.15) is 0 Å². The molecule has 2 aromatic rings. The lowest BCUT2D eigenvalue weighted by atomic mass is 9.90. The summed E-state index contributed by atoms with van der Waals surface area (Å²) in [6, 6.07) is 14.9.